The van der Waals surface area contributed by atoms with Crippen molar-refractivity contribution in [3.8, 4) is 0 Å². The molecule has 1 atom stereocenters. The highest BCUT2D eigenvalue weighted by Gasteiger charge is 2.35. The van der Waals surface area contributed by atoms with E-state index in [9.17, 15) is 13.2 Å². The maximum atomic E-state index is 12.4. The van der Waals surface area contributed by atoms with Crippen molar-refractivity contribution in [1.82, 2.24) is 9.97 Å². The minimum Gasteiger partial charge on any atom is -0.233 e. The standard InChI is InChI=1S/C13H19F3N2/c1-5-6-12(3,4)9(2)10-7-17-11(18-8-10)13(14,15)16/h7-9H,5-6H2,1-4H3. The molecule has 1 rings (SSSR count). The second-order valence-electron chi connectivity index (χ2n) is 5.30. The van der Waals surface area contributed by atoms with Crippen LogP contribution >= 0.6 is 0 Å². The number of halogens is 3. The van der Waals surface area contributed by atoms with Gasteiger partial charge in [0.25, 0.3) is 0 Å². The van der Waals surface area contributed by atoms with Crippen LogP contribution in [0.1, 0.15) is 57.8 Å². The van der Waals surface area contributed by atoms with Crippen molar-refractivity contribution >= 4 is 0 Å². The van der Waals surface area contributed by atoms with Crippen molar-refractivity contribution in [2.75, 3.05) is 0 Å². The zero-order valence-electron chi connectivity index (χ0n) is 11.2. The quantitative estimate of drug-likeness (QED) is 0.800. The first-order valence-corrected chi connectivity index (χ1v) is 6.07. The van der Waals surface area contributed by atoms with Crippen LogP contribution in [0.15, 0.2) is 12.4 Å². The van der Waals surface area contributed by atoms with Gasteiger partial charge in [-0.1, -0.05) is 34.1 Å². The van der Waals surface area contributed by atoms with Gasteiger partial charge in [-0.3, -0.25) is 0 Å². The Morgan fingerprint density at radius 3 is 2.06 bits per heavy atom. The minimum absolute atomic E-state index is 0.0257. The fraction of sp³-hybridized carbons (Fsp3) is 0.692. The average molecular weight is 260 g/mol. The van der Waals surface area contributed by atoms with Gasteiger partial charge in [0.15, 0.2) is 0 Å². The van der Waals surface area contributed by atoms with Crippen LogP contribution in [0.5, 0.6) is 0 Å². The lowest BCUT2D eigenvalue weighted by Crippen LogP contribution is -2.20. The first-order chi connectivity index (χ1) is 8.18. The average Bonchev–Trinajstić information content (AvgIpc) is 2.27. The van der Waals surface area contributed by atoms with Crippen LogP contribution in [0, 0.1) is 5.41 Å². The van der Waals surface area contributed by atoms with E-state index in [2.05, 4.69) is 30.7 Å². The van der Waals surface area contributed by atoms with E-state index in [4.69, 9.17) is 0 Å². The molecule has 1 aromatic rings. The van der Waals surface area contributed by atoms with Crippen molar-refractivity contribution < 1.29 is 13.2 Å². The van der Waals surface area contributed by atoms with Crippen LogP contribution in [0.4, 0.5) is 13.2 Å². The topological polar surface area (TPSA) is 25.8 Å². The van der Waals surface area contributed by atoms with Crippen LogP contribution in [0.2, 0.25) is 0 Å². The number of rotatable bonds is 4. The molecule has 0 amide bonds. The Balaban J connectivity index is 2.92. The zero-order chi connectivity index (χ0) is 14.0. The van der Waals surface area contributed by atoms with Crippen LogP contribution in [0.3, 0.4) is 0 Å². The summed E-state index contributed by atoms with van der Waals surface area (Å²) in [6.07, 6.45) is 0.157. The molecule has 0 spiro atoms. The fourth-order valence-electron chi connectivity index (χ4n) is 2.02. The molecule has 1 unspecified atom stereocenters. The number of hydrogen-bond acceptors (Lipinski definition) is 2. The molecule has 0 aliphatic heterocycles. The maximum Gasteiger partial charge on any atom is 0.451 e. The molecule has 102 valence electrons. The Hall–Kier alpha value is -1.13. The van der Waals surface area contributed by atoms with E-state index in [0.29, 0.717) is 0 Å². The van der Waals surface area contributed by atoms with Crippen LogP contribution in [-0.2, 0) is 6.18 Å². The lowest BCUT2D eigenvalue weighted by atomic mass is 9.74. The van der Waals surface area contributed by atoms with Crippen molar-refractivity contribution in [1.29, 1.82) is 0 Å². The van der Waals surface area contributed by atoms with Gasteiger partial charge in [-0.05, 0) is 23.3 Å². The molecule has 18 heavy (non-hydrogen) atoms. The molecule has 1 aromatic heterocycles. The van der Waals surface area contributed by atoms with Crippen LogP contribution in [-0.4, -0.2) is 9.97 Å². The van der Waals surface area contributed by atoms with E-state index in [0.717, 1.165) is 18.4 Å². The maximum absolute atomic E-state index is 12.4. The Kier molecular flexibility index (Phi) is 4.35. The van der Waals surface area contributed by atoms with Gasteiger partial charge in [-0.2, -0.15) is 13.2 Å². The van der Waals surface area contributed by atoms with Crippen molar-refractivity contribution in [3.05, 3.63) is 23.8 Å². The first-order valence-electron chi connectivity index (χ1n) is 6.07. The van der Waals surface area contributed by atoms with Crippen molar-refractivity contribution in [2.45, 2.75) is 52.6 Å². The van der Waals surface area contributed by atoms with Crippen LogP contribution < -0.4 is 0 Å². The minimum atomic E-state index is -4.47. The van der Waals surface area contributed by atoms with E-state index in [1.165, 1.54) is 12.4 Å². The molecule has 0 fully saturated rings. The van der Waals surface area contributed by atoms with E-state index in [1.807, 2.05) is 6.92 Å². The molecule has 2 nitrogen and oxygen atoms in total. The summed E-state index contributed by atoms with van der Waals surface area (Å²) in [6, 6.07) is 0. The van der Waals surface area contributed by atoms with Crippen molar-refractivity contribution in [3.63, 3.8) is 0 Å². The van der Waals surface area contributed by atoms with E-state index in [-0.39, 0.29) is 11.3 Å². The Morgan fingerprint density at radius 1 is 1.17 bits per heavy atom. The summed E-state index contributed by atoms with van der Waals surface area (Å²) >= 11 is 0. The van der Waals surface area contributed by atoms with Gasteiger partial charge in [0.05, 0.1) is 0 Å². The third kappa shape index (κ3) is 3.43. The molecule has 0 bridgehead atoms. The zero-order valence-corrected chi connectivity index (χ0v) is 11.2. The second-order valence-corrected chi connectivity index (χ2v) is 5.30. The summed E-state index contributed by atoms with van der Waals surface area (Å²) in [5.41, 5.74) is 0.777. The summed E-state index contributed by atoms with van der Waals surface area (Å²) in [4.78, 5) is 6.82. The number of hydrogen-bond donors (Lipinski definition) is 0. The van der Waals surface area contributed by atoms with Gasteiger partial charge in [0.1, 0.15) is 0 Å². The Bertz CT molecular complexity index is 382. The largest absolute Gasteiger partial charge is 0.451 e. The van der Waals surface area contributed by atoms with Gasteiger partial charge in [0.2, 0.25) is 5.82 Å². The highest BCUT2D eigenvalue weighted by Crippen LogP contribution is 2.38. The fourth-order valence-corrected chi connectivity index (χ4v) is 2.02. The van der Waals surface area contributed by atoms with Gasteiger partial charge in [-0.25, -0.2) is 9.97 Å². The molecule has 0 aromatic carbocycles. The van der Waals surface area contributed by atoms with Gasteiger partial charge in [-0.15, -0.1) is 0 Å². The SMILES string of the molecule is CCCC(C)(C)C(C)c1cnc(C(F)(F)F)nc1. The third-order valence-electron chi connectivity index (χ3n) is 3.49. The molecule has 0 aliphatic rings. The van der Waals surface area contributed by atoms with Gasteiger partial charge in [0, 0.05) is 12.4 Å². The summed E-state index contributed by atoms with van der Waals surface area (Å²) in [5, 5.41) is 0. The van der Waals surface area contributed by atoms with E-state index >= 15 is 0 Å². The molecule has 0 N–H and O–H groups in total. The van der Waals surface area contributed by atoms with E-state index < -0.39 is 12.0 Å². The molecule has 0 aliphatic carbocycles. The molecule has 0 radical (unpaired) electrons. The molecular weight excluding hydrogens is 241 g/mol. The molecule has 1 heterocycles. The first kappa shape index (κ1) is 14.9. The lowest BCUT2D eigenvalue weighted by molar-refractivity contribution is -0.145. The smallest absolute Gasteiger partial charge is 0.233 e. The van der Waals surface area contributed by atoms with Gasteiger partial charge < -0.3 is 0 Å². The lowest BCUT2D eigenvalue weighted by Gasteiger charge is -2.31. The normalized spacial score (nSPS) is 14.6. The van der Waals surface area contributed by atoms with Crippen LogP contribution in [0.25, 0.3) is 0 Å². The Labute approximate surface area is 106 Å². The predicted molar refractivity (Wildman–Crippen MR) is 64.1 cm³/mol. The summed E-state index contributed by atoms with van der Waals surface area (Å²) in [5.74, 6) is -0.952. The molecule has 0 saturated carbocycles. The second kappa shape index (κ2) is 5.24. The Morgan fingerprint density at radius 2 is 1.67 bits per heavy atom. The summed E-state index contributed by atoms with van der Waals surface area (Å²) in [6.45, 7) is 8.32. The summed E-state index contributed by atoms with van der Waals surface area (Å²) in [7, 11) is 0. The van der Waals surface area contributed by atoms with Crippen molar-refractivity contribution in [2.24, 2.45) is 5.41 Å². The molecule has 0 saturated heterocycles. The molecular formula is C13H19F3N2. The number of alkyl halides is 3. The van der Waals surface area contributed by atoms with Gasteiger partial charge >= 0.3 is 6.18 Å². The highest BCUT2D eigenvalue weighted by atomic mass is 19.4. The highest BCUT2D eigenvalue weighted by molar-refractivity contribution is 5.14. The predicted octanol–water partition coefficient (Wildman–Crippen LogP) is 4.43. The van der Waals surface area contributed by atoms with E-state index in [1.54, 1.807) is 0 Å². The monoisotopic (exact) mass is 260 g/mol. The molecule has 5 heteroatoms. The third-order valence-corrected chi connectivity index (χ3v) is 3.49. The number of nitrogens with zero attached hydrogens (tertiary/aromatic N) is 2. The summed E-state index contributed by atoms with van der Waals surface area (Å²) < 4.78 is 37.1. The number of aromatic nitrogens is 2.